The predicted molar refractivity (Wildman–Crippen MR) is 53.0 cm³/mol. The molecule has 1 aromatic heterocycles. The first-order valence-electron chi connectivity index (χ1n) is 4.29. The van der Waals surface area contributed by atoms with Gasteiger partial charge < -0.3 is 9.30 Å². The Hall–Kier alpha value is -1.84. The van der Waals surface area contributed by atoms with Crippen molar-refractivity contribution >= 4 is 0 Å². The van der Waals surface area contributed by atoms with E-state index in [1.165, 1.54) is 0 Å². The van der Waals surface area contributed by atoms with Crippen molar-refractivity contribution in [1.29, 1.82) is 0 Å². The third kappa shape index (κ3) is 1.46. The van der Waals surface area contributed by atoms with Crippen LogP contribution in [0.5, 0.6) is 5.75 Å². The molecule has 2 rings (SSSR count). The fourth-order valence-corrected chi connectivity index (χ4v) is 1.31. The SMILES string of the molecule is COc1cccc(-c2nncn2C)c1. The van der Waals surface area contributed by atoms with Crippen molar-refractivity contribution in [3.05, 3.63) is 30.6 Å². The van der Waals surface area contributed by atoms with Crippen LogP contribution < -0.4 is 4.74 Å². The van der Waals surface area contributed by atoms with Gasteiger partial charge in [0.05, 0.1) is 7.11 Å². The van der Waals surface area contributed by atoms with Crippen LogP contribution in [0, 0.1) is 0 Å². The van der Waals surface area contributed by atoms with Crippen molar-refractivity contribution in [3.8, 4) is 17.1 Å². The third-order valence-electron chi connectivity index (χ3n) is 2.04. The molecule has 4 nitrogen and oxygen atoms in total. The zero-order chi connectivity index (χ0) is 9.97. The molecule has 0 saturated carbocycles. The van der Waals surface area contributed by atoms with Crippen molar-refractivity contribution < 1.29 is 4.74 Å². The maximum atomic E-state index is 5.14. The highest BCUT2D eigenvalue weighted by Crippen LogP contribution is 2.20. The minimum atomic E-state index is 0.825. The molecule has 72 valence electrons. The van der Waals surface area contributed by atoms with E-state index in [0.717, 1.165) is 17.1 Å². The van der Waals surface area contributed by atoms with Crippen molar-refractivity contribution in [2.45, 2.75) is 0 Å². The molecular formula is C10H11N3O. The van der Waals surface area contributed by atoms with Gasteiger partial charge >= 0.3 is 0 Å². The van der Waals surface area contributed by atoms with Gasteiger partial charge in [0, 0.05) is 12.6 Å². The second-order valence-electron chi connectivity index (χ2n) is 3.00. The molecular weight excluding hydrogens is 178 g/mol. The fraction of sp³-hybridized carbons (Fsp3) is 0.200. The van der Waals surface area contributed by atoms with Gasteiger partial charge in [-0.15, -0.1) is 10.2 Å². The Morgan fingerprint density at radius 1 is 1.36 bits per heavy atom. The molecule has 0 radical (unpaired) electrons. The third-order valence-corrected chi connectivity index (χ3v) is 2.04. The number of aryl methyl sites for hydroxylation is 1. The number of aromatic nitrogens is 3. The summed E-state index contributed by atoms with van der Waals surface area (Å²) in [5.74, 6) is 1.66. The van der Waals surface area contributed by atoms with Gasteiger partial charge in [-0.05, 0) is 12.1 Å². The molecule has 1 heterocycles. The van der Waals surface area contributed by atoms with Crippen molar-refractivity contribution in [3.63, 3.8) is 0 Å². The van der Waals surface area contributed by atoms with E-state index in [4.69, 9.17) is 4.74 Å². The lowest BCUT2D eigenvalue weighted by Crippen LogP contribution is -1.91. The van der Waals surface area contributed by atoms with Gasteiger partial charge in [-0.2, -0.15) is 0 Å². The minimum Gasteiger partial charge on any atom is -0.497 e. The second-order valence-corrected chi connectivity index (χ2v) is 3.00. The van der Waals surface area contributed by atoms with Gasteiger partial charge in [-0.25, -0.2) is 0 Å². The molecule has 0 bridgehead atoms. The van der Waals surface area contributed by atoms with E-state index < -0.39 is 0 Å². The average molecular weight is 189 g/mol. The summed E-state index contributed by atoms with van der Waals surface area (Å²) in [5, 5.41) is 7.84. The molecule has 2 aromatic rings. The van der Waals surface area contributed by atoms with Crippen molar-refractivity contribution in [2.75, 3.05) is 7.11 Å². The van der Waals surface area contributed by atoms with E-state index in [9.17, 15) is 0 Å². The van der Waals surface area contributed by atoms with Crippen LogP contribution in [0.15, 0.2) is 30.6 Å². The Bertz CT molecular complexity index is 436. The molecule has 0 N–H and O–H groups in total. The van der Waals surface area contributed by atoms with Crippen LogP contribution in [0.4, 0.5) is 0 Å². The summed E-state index contributed by atoms with van der Waals surface area (Å²) in [7, 11) is 3.56. The number of hydrogen-bond acceptors (Lipinski definition) is 3. The first kappa shape index (κ1) is 8.74. The predicted octanol–water partition coefficient (Wildman–Crippen LogP) is 1.49. The molecule has 0 aliphatic heterocycles. The van der Waals surface area contributed by atoms with Crippen LogP contribution in [-0.2, 0) is 7.05 Å². The zero-order valence-corrected chi connectivity index (χ0v) is 8.14. The number of nitrogens with zero attached hydrogens (tertiary/aromatic N) is 3. The average Bonchev–Trinajstić information content (AvgIpc) is 2.65. The van der Waals surface area contributed by atoms with Gasteiger partial charge in [-0.3, -0.25) is 0 Å². The topological polar surface area (TPSA) is 39.9 Å². The van der Waals surface area contributed by atoms with Gasteiger partial charge in [-0.1, -0.05) is 12.1 Å². The van der Waals surface area contributed by atoms with Gasteiger partial charge in [0.25, 0.3) is 0 Å². The Labute approximate surface area is 82.2 Å². The minimum absolute atomic E-state index is 0.825. The van der Waals surface area contributed by atoms with Crippen LogP contribution in [0.1, 0.15) is 0 Å². The van der Waals surface area contributed by atoms with E-state index >= 15 is 0 Å². The molecule has 0 aliphatic carbocycles. The highest BCUT2D eigenvalue weighted by Gasteiger charge is 2.04. The summed E-state index contributed by atoms with van der Waals surface area (Å²) in [6.07, 6.45) is 1.68. The van der Waals surface area contributed by atoms with Crippen LogP contribution in [0.3, 0.4) is 0 Å². The molecule has 0 aliphatic rings. The normalized spacial score (nSPS) is 10.1. The summed E-state index contributed by atoms with van der Waals surface area (Å²) >= 11 is 0. The Balaban J connectivity index is 2.47. The van der Waals surface area contributed by atoms with Crippen LogP contribution in [-0.4, -0.2) is 21.9 Å². The first-order chi connectivity index (χ1) is 6.81. The fourth-order valence-electron chi connectivity index (χ4n) is 1.31. The highest BCUT2D eigenvalue weighted by molar-refractivity contribution is 5.57. The lowest BCUT2D eigenvalue weighted by Gasteiger charge is -2.03. The van der Waals surface area contributed by atoms with Crippen LogP contribution in [0.25, 0.3) is 11.4 Å². The van der Waals surface area contributed by atoms with Gasteiger partial charge in [0.1, 0.15) is 12.1 Å². The first-order valence-corrected chi connectivity index (χ1v) is 4.29. The molecule has 1 aromatic carbocycles. The van der Waals surface area contributed by atoms with Gasteiger partial charge in [0.15, 0.2) is 5.82 Å². The summed E-state index contributed by atoms with van der Waals surface area (Å²) < 4.78 is 7.01. The van der Waals surface area contributed by atoms with E-state index in [1.54, 1.807) is 13.4 Å². The van der Waals surface area contributed by atoms with Crippen LogP contribution >= 0.6 is 0 Å². The summed E-state index contributed by atoms with van der Waals surface area (Å²) in [5.41, 5.74) is 1.00. The van der Waals surface area contributed by atoms with E-state index in [-0.39, 0.29) is 0 Å². The van der Waals surface area contributed by atoms with Crippen molar-refractivity contribution in [1.82, 2.24) is 14.8 Å². The Morgan fingerprint density at radius 3 is 2.86 bits per heavy atom. The van der Waals surface area contributed by atoms with E-state index in [2.05, 4.69) is 10.2 Å². The van der Waals surface area contributed by atoms with Crippen LogP contribution in [0.2, 0.25) is 0 Å². The zero-order valence-electron chi connectivity index (χ0n) is 8.14. The number of benzene rings is 1. The number of ether oxygens (including phenoxy) is 1. The largest absolute Gasteiger partial charge is 0.497 e. The molecule has 0 unspecified atom stereocenters. The van der Waals surface area contributed by atoms with Gasteiger partial charge in [0.2, 0.25) is 0 Å². The molecule has 14 heavy (non-hydrogen) atoms. The maximum Gasteiger partial charge on any atom is 0.163 e. The second kappa shape index (κ2) is 3.49. The number of methoxy groups -OCH3 is 1. The number of hydrogen-bond donors (Lipinski definition) is 0. The molecule has 0 saturated heterocycles. The maximum absolute atomic E-state index is 5.14. The summed E-state index contributed by atoms with van der Waals surface area (Å²) in [6, 6.07) is 7.75. The smallest absolute Gasteiger partial charge is 0.163 e. The molecule has 0 spiro atoms. The van der Waals surface area contributed by atoms with E-state index in [1.807, 2.05) is 35.9 Å². The van der Waals surface area contributed by atoms with E-state index in [0.29, 0.717) is 0 Å². The molecule has 4 heteroatoms. The lowest BCUT2D eigenvalue weighted by atomic mass is 10.2. The summed E-state index contributed by atoms with van der Waals surface area (Å²) in [4.78, 5) is 0. The highest BCUT2D eigenvalue weighted by atomic mass is 16.5. The quantitative estimate of drug-likeness (QED) is 0.718. The number of rotatable bonds is 2. The Morgan fingerprint density at radius 2 is 2.21 bits per heavy atom. The molecule has 0 atom stereocenters. The molecule has 0 amide bonds. The Kier molecular flexibility index (Phi) is 2.18. The lowest BCUT2D eigenvalue weighted by molar-refractivity contribution is 0.415. The van der Waals surface area contributed by atoms with Crippen molar-refractivity contribution in [2.24, 2.45) is 7.05 Å². The monoisotopic (exact) mass is 189 g/mol. The standard InChI is InChI=1S/C10H11N3O/c1-13-7-11-12-10(13)8-4-3-5-9(6-8)14-2/h3-7H,1-2H3. The summed E-state index contributed by atoms with van der Waals surface area (Å²) in [6.45, 7) is 0. The molecule has 0 fully saturated rings.